The maximum atomic E-state index is 13.6. The molecule has 3 aliphatic rings. The number of carboxylic acids is 1. The second-order valence-corrected chi connectivity index (χ2v) is 10.8. The molecule has 2 heterocycles. The van der Waals surface area contributed by atoms with Crippen LogP contribution in [0.15, 0.2) is 49.6 Å². The van der Waals surface area contributed by atoms with Crippen molar-refractivity contribution in [1.82, 2.24) is 15.1 Å². The predicted molar refractivity (Wildman–Crippen MR) is 144 cm³/mol. The van der Waals surface area contributed by atoms with Gasteiger partial charge in [-0.3, -0.25) is 14.5 Å². The van der Waals surface area contributed by atoms with Gasteiger partial charge in [-0.05, 0) is 24.0 Å². The molecule has 1 unspecified atom stereocenters. The molecule has 1 aliphatic carbocycles. The van der Waals surface area contributed by atoms with Gasteiger partial charge in [-0.15, -0.1) is 13.2 Å². The van der Waals surface area contributed by atoms with E-state index in [4.69, 9.17) is 10.5 Å². The molecule has 39 heavy (non-hydrogen) atoms. The Morgan fingerprint density at radius 2 is 1.90 bits per heavy atom. The Labute approximate surface area is 228 Å². The molecule has 0 spiro atoms. The van der Waals surface area contributed by atoms with E-state index >= 15 is 0 Å². The van der Waals surface area contributed by atoms with Crippen molar-refractivity contribution in [1.29, 1.82) is 0 Å². The Bertz CT molecular complexity index is 1130. The van der Waals surface area contributed by atoms with E-state index in [0.717, 1.165) is 24.0 Å². The van der Waals surface area contributed by atoms with Crippen molar-refractivity contribution in [3.05, 3.63) is 60.7 Å². The third-order valence-corrected chi connectivity index (χ3v) is 8.18. The van der Waals surface area contributed by atoms with Crippen LogP contribution in [0.3, 0.4) is 0 Å². The summed E-state index contributed by atoms with van der Waals surface area (Å²) in [5.74, 6) is -2.92. The Morgan fingerprint density at radius 1 is 1.23 bits per heavy atom. The number of amides is 3. The summed E-state index contributed by atoms with van der Waals surface area (Å²) in [6, 6.07) is 5.79. The summed E-state index contributed by atoms with van der Waals surface area (Å²) in [5.41, 5.74) is 7.01. The van der Waals surface area contributed by atoms with Crippen molar-refractivity contribution in [2.24, 2.45) is 17.6 Å². The Kier molecular flexibility index (Phi) is 8.44. The maximum absolute atomic E-state index is 13.6. The third-order valence-electron chi connectivity index (χ3n) is 8.18. The second-order valence-electron chi connectivity index (χ2n) is 10.8. The van der Waals surface area contributed by atoms with Gasteiger partial charge in [0.05, 0.1) is 12.6 Å². The second kappa shape index (κ2) is 11.6. The van der Waals surface area contributed by atoms with Gasteiger partial charge in [-0.2, -0.15) is 0 Å². The average Bonchev–Trinajstić information content (AvgIpc) is 3.25. The monoisotopic (exact) mass is 538 g/mol. The van der Waals surface area contributed by atoms with E-state index in [1.54, 1.807) is 11.0 Å². The number of ether oxygens (including phenoxy) is 1. The number of aliphatic carboxylic acids is 1. The van der Waals surface area contributed by atoms with Crippen LogP contribution in [0.4, 0.5) is 4.79 Å². The summed E-state index contributed by atoms with van der Waals surface area (Å²) in [5, 5.41) is 12.4. The molecule has 10 heteroatoms. The van der Waals surface area contributed by atoms with Gasteiger partial charge in [-0.1, -0.05) is 56.2 Å². The lowest BCUT2D eigenvalue weighted by Crippen LogP contribution is -2.56. The summed E-state index contributed by atoms with van der Waals surface area (Å²) in [7, 11) is 0. The molecule has 1 saturated heterocycles. The van der Waals surface area contributed by atoms with Crippen molar-refractivity contribution in [3.8, 4) is 0 Å². The molecule has 0 bridgehead atoms. The number of carboxylic acid groups (broad SMARTS) is 1. The average molecular weight is 539 g/mol. The first-order chi connectivity index (χ1) is 18.6. The smallest absolute Gasteiger partial charge is 0.410 e. The third kappa shape index (κ3) is 5.71. The van der Waals surface area contributed by atoms with E-state index in [2.05, 4.69) is 18.5 Å². The van der Waals surface area contributed by atoms with Crippen molar-refractivity contribution in [2.45, 2.75) is 75.8 Å². The van der Waals surface area contributed by atoms with Gasteiger partial charge in [0.25, 0.3) is 0 Å². The summed E-state index contributed by atoms with van der Waals surface area (Å²) in [6.07, 6.45) is 4.62. The quantitative estimate of drug-likeness (QED) is 0.368. The number of carbonyl (C=O) groups is 4. The first kappa shape index (κ1) is 28.4. The number of nitrogens with one attached hydrogen (secondary N) is 1. The fourth-order valence-electron chi connectivity index (χ4n) is 5.63. The van der Waals surface area contributed by atoms with Crippen LogP contribution in [-0.2, 0) is 32.2 Å². The molecular weight excluding hydrogens is 500 g/mol. The van der Waals surface area contributed by atoms with Gasteiger partial charge in [0.15, 0.2) is 0 Å². The number of likely N-dealkylation sites (tertiary alicyclic amines) is 1. The van der Waals surface area contributed by atoms with Gasteiger partial charge in [0.2, 0.25) is 11.8 Å². The number of rotatable bonds is 11. The molecule has 1 aromatic rings. The van der Waals surface area contributed by atoms with E-state index in [0.29, 0.717) is 19.5 Å². The Morgan fingerprint density at radius 3 is 2.44 bits per heavy atom. The van der Waals surface area contributed by atoms with Crippen LogP contribution in [0, 0.1) is 11.8 Å². The molecule has 6 atom stereocenters. The summed E-state index contributed by atoms with van der Waals surface area (Å²) >= 11 is 0. The normalized spacial score (nSPS) is 26.8. The van der Waals surface area contributed by atoms with Crippen LogP contribution in [0.25, 0.3) is 0 Å². The number of hydrogen-bond acceptors (Lipinski definition) is 6. The topological polar surface area (TPSA) is 142 Å². The highest BCUT2D eigenvalue weighted by Gasteiger charge is 2.61. The summed E-state index contributed by atoms with van der Waals surface area (Å²) < 4.78 is 5.77. The largest absolute Gasteiger partial charge is 0.479 e. The molecule has 4 N–H and O–H groups in total. The minimum absolute atomic E-state index is 0.0141. The zero-order valence-electron chi connectivity index (χ0n) is 22.4. The molecule has 2 fully saturated rings. The minimum Gasteiger partial charge on any atom is -0.479 e. The molecular formula is C29H38N4O6. The lowest BCUT2D eigenvalue weighted by atomic mass is 9.93. The minimum atomic E-state index is -1.45. The lowest BCUT2D eigenvalue weighted by molar-refractivity contribution is -0.145. The van der Waals surface area contributed by atoms with E-state index < -0.39 is 53.5 Å². The highest BCUT2D eigenvalue weighted by atomic mass is 16.6. The van der Waals surface area contributed by atoms with Crippen LogP contribution >= 0.6 is 0 Å². The highest BCUT2D eigenvalue weighted by molar-refractivity contribution is 5.95. The fraction of sp³-hybridized carbons (Fsp3) is 0.517. The zero-order valence-corrected chi connectivity index (χ0v) is 22.4. The van der Waals surface area contributed by atoms with Crippen molar-refractivity contribution in [2.75, 3.05) is 6.54 Å². The van der Waals surface area contributed by atoms with Crippen molar-refractivity contribution >= 4 is 23.9 Å². The number of hydrogen-bond donors (Lipinski definition) is 3. The molecule has 1 saturated carbocycles. The SMILES string of the molecule is C=CC(CCCC)[C@H](N)C(=O)N1C[C@H](OC(=O)N2Cc3ccccc3C2)C[C@H]1C(=O)N[C@]1(C(=O)O)C[C@H]1C=C. The lowest BCUT2D eigenvalue weighted by Gasteiger charge is -2.30. The van der Waals surface area contributed by atoms with Crippen LogP contribution in [0.1, 0.15) is 50.2 Å². The van der Waals surface area contributed by atoms with Gasteiger partial charge in [0, 0.05) is 31.3 Å². The van der Waals surface area contributed by atoms with Gasteiger partial charge in [0.1, 0.15) is 17.7 Å². The van der Waals surface area contributed by atoms with Crippen molar-refractivity contribution in [3.63, 3.8) is 0 Å². The molecule has 3 amide bonds. The zero-order chi connectivity index (χ0) is 28.3. The summed E-state index contributed by atoms with van der Waals surface area (Å²) in [6.45, 7) is 10.3. The maximum Gasteiger partial charge on any atom is 0.410 e. The molecule has 10 nitrogen and oxygen atoms in total. The molecule has 0 radical (unpaired) electrons. The van der Waals surface area contributed by atoms with Crippen LogP contribution in [0.5, 0.6) is 0 Å². The molecule has 210 valence electrons. The number of carbonyl (C=O) groups excluding carboxylic acids is 3. The van der Waals surface area contributed by atoms with E-state index in [-0.39, 0.29) is 25.3 Å². The standard InChI is InChI=1S/C29H38N4O6/c1-4-7-10-18(5-2)24(30)26(35)33-17-22(39-28(38)32-15-19-11-8-9-12-20(19)16-32)13-23(33)25(34)31-29(27(36)37)14-21(29)6-3/h5-6,8-9,11-12,18,21-24H,2-4,7,10,13-17,30H2,1H3,(H,31,34)(H,36,37)/t18?,21-,22-,23+,24+,29-/m1/s1. The molecule has 1 aromatic carbocycles. The van der Waals surface area contributed by atoms with E-state index in [1.807, 2.05) is 31.2 Å². The first-order valence-corrected chi connectivity index (χ1v) is 13.5. The van der Waals surface area contributed by atoms with Gasteiger partial charge in [-0.25, -0.2) is 9.59 Å². The molecule has 0 aromatic heterocycles. The van der Waals surface area contributed by atoms with Crippen molar-refractivity contribution < 1.29 is 29.0 Å². The number of fused-ring (bicyclic) bond motifs is 1. The van der Waals surface area contributed by atoms with E-state index in [1.165, 1.54) is 11.0 Å². The Hall–Kier alpha value is -3.66. The van der Waals surface area contributed by atoms with Crippen LogP contribution in [-0.4, -0.2) is 69.1 Å². The number of benzene rings is 1. The number of unbranched alkanes of at least 4 members (excludes halogenated alkanes) is 1. The Balaban J connectivity index is 1.49. The molecule has 2 aliphatic heterocycles. The van der Waals surface area contributed by atoms with E-state index in [9.17, 15) is 24.3 Å². The van der Waals surface area contributed by atoms with Gasteiger partial charge >= 0.3 is 12.1 Å². The highest BCUT2D eigenvalue weighted by Crippen LogP contribution is 2.45. The number of nitrogens with zero attached hydrogens (tertiary/aromatic N) is 2. The predicted octanol–water partition coefficient (Wildman–Crippen LogP) is 2.57. The van der Waals surface area contributed by atoms with Crippen LogP contribution < -0.4 is 11.1 Å². The fourth-order valence-corrected chi connectivity index (χ4v) is 5.63. The summed E-state index contributed by atoms with van der Waals surface area (Å²) in [4.78, 5) is 54.9. The van der Waals surface area contributed by atoms with Gasteiger partial charge < -0.3 is 25.8 Å². The molecule has 4 rings (SSSR count). The van der Waals surface area contributed by atoms with Crippen LogP contribution in [0.2, 0.25) is 0 Å². The first-order valence-electron chi connectivity index (χ1n) is 13.5. The number of nitrogens with two attached hydrogens (primary N) is 1.